The average molecular weight is 463 g/mol. The molecule has 0 bridgehead atoms. The fraction of sp³-hybridized carbons (Fsp3) is 0.423. The van der Waals surface area contributed by atoms with Gasteiger partial charge in [-0.2, -0.15) is 0 Å². The van der Waals surface area contributed by atoms with Gasteiger partial charge in [-0.25, -0.2) is 4.98 Å². The van der Waals surface area contributed by atoms with Gasteiger partial charge in [0.05, 0.1) is 35.6 Å². The highest BCUT2D eigenvalue weighted by molar-refractivity contribution is 6.76. The van der Waals surface area contributed by atoms with Crippen LogP contribution >= 0.6 is 0 Å². The molecule has 0 radical (unpaired) electrons. The summed E-state index contributed by atoms with van der Waals surface area (Å²) >= 11 is 0. The van der Waals surface area contributed by atoms with Gasteiger partial charge in [0, 0.05) is 19.0 Å². The number of carbonyl (C=O) groups is 1. The Hall–Kier alpha value is -2.77. The molecule has 2 atom stereocenters. The van der Waals surface area contributed by atoms with Gasteiger partial charge in [-0.1, -0.05) is 50.8 Å². The monoisotopic (exact) mass is 462 g/mol. The van der Waals surface area contributed by atoms with Crippen molar-refractivity contribution in [2.75, 3.05) is 6.61 Å². The zero-order valence-corrected chi connectivity index (χ0v) is 20.6. The lowest BCUT2D eigenvalue weighted by Gasteiger charge is -2.39. The van der Waals surface area contributed by atoms with Gasteiger partial charge in [-0.3, -0.25) is 9.59 Å². The van der Waals surface area contributed by atoms with E-state index in [0.717, 1.165) is 28.2 Å². The predicted molar refractivity (Wildman–Crippen MR) is 131 cm³/mol. The molecule has 0 saturated heterocycles. The Labute approximate surface area is 194 Å². The number of fused-ring (bicyclic) bond motifs is 5. The summed E-state index contributed by atoms with van der Waals surface area (Å²) in [6.07, 6.45) is 0.409. The number of carbonyl (C=O) groups excluding carboxylic acids is 1. The summed E-state index contributed by atoms with van der Waals surface area (Å²) in [5.74, 6) is -0.436. The van der Waals surface area contributed by atoms with Crippen LogP contribution in [0.25, 0.3) is 22.3 Å². The second-order valence-electron chi connectivity index (χ2n) is 10.5. The standard InChI is InChI=1S/C26H30N2O4Si/c1-5-26(15-29)18-13-20-23-17(12-16-8-6-7-9-19(16)27-23)14-28(20)24(30)22(18)21(32-25(26)31)10-11-33(2,3)4/h6-9,12-13,21,29H,5,10-11,14-15H2,1-4H3. The largest absolute Gasteiger partial charge is 0.457 e. The molecule has 2 aliphatic heterocycles. The molecule has 5 rings (SSSR count). The van der Waals surface area contributed by atoms with Crippen LogP contribution in [0.3, 0.4) is 0 Å². The van der Waals surface area contributed by atoms with Crippen molar-refractivity contribution < 1.29 is 14.6 Å². The number of hydrogen-bond acceptors (Lipinski definition) is 5. The minimum atomic E-state index is -1.41. The molecule has 0 saturated carbocycles. The van der Waals surface area contributed by atoms with E-state index in [-0.39, 0.29) is 5.56 Å². The topological polar surface area (TPSA) is 81.4 Å². The van der Waals surface area contributed by atoms with Crippen LogP contribution in [-0.4, -0.2) is 35.3 Å². The van der Waals surface area contributed by atoms with Crippen molar-refractivity contribution in [1.82, 2.24) is 9.55 Å². The van der Waals surface area contributed by atoms with E-state index >= 15 is 0 Å². The highest BCUT2D eigenvalue weighted by Crippen LogP contribution is 2.44. The number of aliphatic hydroxyl groups excluding tert-OH is 1. The van der Waals surface area contributed by atoms with Crippen LogP contribution in [0.1, 0.15) is 42.6 Å². The molecule has 7 heteroatoms. The van der Waals surface area contributed by atoms with Crippen molar-refractivity contribution in [2.24, 2.45) is 0 Å². The van der Waals surface area contributed by atoms with E-state index in [1.165, 1.54) is 0 Å². The lowest BCUT2D eigenvalue weighted by Crippen LogP contribution is -2.48. The molecule has 2 aliphatic rings. The molecule has 172 valence electrons. The molecule has 0 aliphatic carbocycles. The maximum Gasteiger partial charge on any atom is 0.319 e. The third-order valence-electron chi connectivity index (χ3n) is 7.22. The Balaban J connectivity index is 1.74. The van der Waals surface area contributed by atoms with Gasteiger partial charge in [0.15, 0.2) is 0 Å². The number of cyclic esters (lactones) is 1. The van der Waals surface area contributed by atoms with Crippen LogP contribution in [0.2, 0.25) is 25.7 Å². The van der Waals surface area contributed by atoms with E-state index in [2.05, 4.69) is 25.7 Å². The number of hydrogen-bond donors (Lipinski definition) is 1. The van der Waals surface area contributed by atoms with E-state index in [1.54, 1.807) is 4.57 Å². The first-order valence-corrected chi connectivity index (χ1v) is 15.4. The maximum atomic E-state index is 13.9. The first-order valence-electron chi connectivity index (χ1n) is 11.7. The smallest absolute Gasteiger partial charge is 0.319 e. The Morgan fingerprint density at radius 2 is 1.97 bits per heavy atom. The molecule has 0 fully saturated rings. The normalized spacial score (nSPS) is 21.5. The molecule has 2 aromatic heterocycles. The fourth-order valence-corrected chi connectivity index (χ4v) is 6.30. The van der Waals surface area contributed by atoms with Crippen LogP contribution in [-0.2, 0) is 21.5 Å². The van der Waals surface area contributed by atoms with Crippen molar-refractivity contribution >= 4 is 24.9 Å². The molecule has 1 N–H and O–H groups in total. The molecule has 4 heterocycles. The molecule has 2 unspecified atom stereocenters. The van der Waals surface area contributed by atoms with Gasteiger partial charge in [0.25, 0.3) is 5.56 Å². The van der Waals surface area contributed by atoms with Crippen molar-refractivity contribution in [2.45, 2.75) is 63.5 Å². The summed E-state index contributed by atoms with van der Waals surface area (Å²) in [6.45, 7) is 8.72. The van der Waals surface area contributed by atoms with Gasteiger partial charge < -0.3 is 14.4 Å². The van der Waals surface area contributed by atoms with Gasteiger partial charge in [0.2, 0.25) is 0 Å². The lowest BCUT2D eigenvalue weighted by molar-refractivity contribution is -0.162. The summed E-state index contributed by atoms with van der Waals surface area (Å²) in [5, 5.41) is 11.4. The minimum absolute atomic E-state index is 0.135. The van der Waals surface area contributed by atoms with Gasteiger partial charge >= 0.3 is 5.97 Å². The van der Waals surface area contributed by atoms with Crippen LogP contribution in [0.5, 0.6) is 0 Å². The van der Waals surface area contributed by atoms with Crippen LogP contribution in [0.4, 0.5) is 0 Å². The fourth-order valence-electron chi connectivity index (χ4n) is 5.17. The van der Waals surface area contributed by atoms with Gasteiger partial charge in [0.1, 0.15) is 11.5 Å². The third kappa shape index (κ3) is 3.37. The number of aromatic nitrogens is 2. The summed E-state index contributed by atoms with van der Waals surface area (Å²) < 4.78 is 7.64. The predicted octanol–water partition coefficient (Wildman–Crippen LogP) is 4.39. The first kappa shape index (κ1) is 22.0. The van der Waals surface area contributed by atoms with Crippen LogP contribution in [0, 0.1) is 0 Å². The van der Waals surface area contributed by atoms with Gasteiger partial charge in [-0.15, -0.1) is 0 Å². The van der Waals surface area contributed by atoms with E-state index in [9.17, 15) is 14.7 Å². The average Bonchev–Trinajstić information content (AvgIpc) is 3.14. The Morgan fingerprint density at radius 1 is 1.21 bits per heavy atom. The van der Waals surface area contributed by atoms with E-state index < -0.39 is 32.2 Å². The van der Waals surface area contributed by atoms with Crippen molar-refractivity contribution in [3.05, 3.63) is 63.4 Å². The molecule has 0 spiro atoms. The summed E-state index contributed by atoms with van der Waals surface area (Å²) in [5.41, 5.74) is 3.13. The molecular formula is C26H30N2O4Si. The SMILES string of the molecule is CCC1(CO)C(=O)OC(CC[Si](C)(C)C)c2c1cc1n(c2=O)Cc2cc3ccccc3nc2-1. The molecule has 1 aromatic carbocycles. The second kappa shape index (κ2) is 7.63. The molecule has 3 aromatic rings. The van der Waals surface area contributed by atoms with Gasteiger partial charge in [-0.05, 0) is 36.6 Å². The van der Waals surface area contributed by atoms with Crippen molar-refractivity contribution in [3.8, 4) is 11.4 Å². The quantitative estimate of drug-likeness (QED) is 0.351. The molecule has 33 heavy (non-hydrogen) atoms. The number of benzene rings is 1. The number of esters is 1. The number of aliphatic hydroxyl groups is 1. The highest BCUT2D eigenvalue weighted by atomic mass is 28.3. The number of para-hydroxylation sites is 1. The zero-order chi connectivity index (χ0) is 23.5. The molecule has 6 nitrogen and oxygen atoms in total. The van der Waals surface area contributed by atoms with Crippen LogP contribution < -0.4 is 5.56 Å². The summed E-state index contributed by atoms with van der Waals surface area (Å²) in [4.78, 5) is 32.0. The third-order valence-corrected chi connectivity index (χ3v) is 9.01. The summed E-state index contributed by atoms with van der Waals surface area (Å²) in [6, 6.07) is 12.9. The number of pyridine rings is 2. The summed E-state index contributed by atoms with van der Waals surface area (Å²) in [7, 11) is -1.41. The van der Waals surface area contributed by atoms with E-state index in [0.29, 0.717) is 36.2 Å². The Morgan fingerprint density at radius 3 is 2.67 bits per heavy atom. The first-order chi connectivity index (χ1) is 15.7. The second-order valence-corrected chi connectivity index (χ2v) is 16.1. The number of ether oxygens (including phenoxy) is 1. The maximum absolute atomic E-state index is 13.9. The molecule has 0 amide bonds. The van der Waals surface area contributed by atoms with Crippen LogP contribution in [0.15, 0.2) is 41.2 Å². The minimum Gasteiger partial charge on any atom is -0.457 e. The highest BCUT2D eigenvalue weighted by Gasteiger charge is 2.49. The Bertz CT molecular complexity index is 1330. The van der Waals surface area contributed by atoms with E-state index in [1.807, 2.05) is 37.3 Å². The van der Waals surface area contributed by atoms with Crippen molar-refractivity contribution in [3.63, 3.8) is 0 Å². The Kier molecular flexibility index (Phi) is 5.10. The van der Waals surface area contributed by atoms with Crippen molar-refractivity contribution in [1.29, 1.82) is 0 Å². The number of nitrogens with zero attached hydrogens (tertiary/aromatic N) is 2. The lowest BCUT2D eigenvalue weighted by atomic mass is 9.73. The zero-order valence-electron chi connectivity index (χ0n) is 19.6. The number of rotatable bonds is 5. The molecular weight excluding hydrogens is 432 g/mol. The van der Waals surface area contributed by atoms with E-state index in [4.69, 9.17) is 9.72 Å².